The quantitative estimate of drug-likeness (QED) is 0.488. The van der Waals surface area contributed by atoms with Crippen molar-refractivity contribution in [3.8, 4) is 0 Å². The van der Waals surface area contributed by atoms with Crippen molar-refractivity contribution in [3.63, 3.8) is 0 Å². The Hall–Kier alpha value is -1.94. The van der Waals surface area contributed by atoms with Crippen LogP contribution in [0.15, 0.2) is 24.4 Å². The number of anilines is 1. The molecule has 3 aromatic rings. The first-order valence-corrected chi connectivity index (χ1v) is 9.73. The molecule has 2 aromatic heterocycles. The van der Waals surface area contributed by atoms with Gasteiger partial charge < -0.3 is 5.32 Å². The van der Waals surface area contributed by atoms with Crippen LogP contribution in [0.4, 0.5) is 19.0 Å². The molecule has 0 radical (unpaired) electrons. The van der Waals surface area contributed by atoms with Gasteiger partial charge in [0.05, 0.1) is 17.3 Å². The third-order valence-electron chi connectivity index (χ3n) is 4.02. The normalized spacial score (nSPS) is 11.7. The van der Waals surface area contributed by atoms with E-state index >= 15 is 0 Å². The van der Waals surface area contributed by atoms with Gasteiger partial charge >= 0.3 is 6.18 Å². The topological polar surface area (TPSA) is 64.7 Å². The molecule has 2 heterocycles. The van der Waals surface area contributed by atoms with Crippen molar-refractivity contribution < 1.29 is 18.0 Å². The first kappa shape index (κ1) is 22.7. The number of carbonyl (C=O) groups excluding carboxylic acids is 1. The average molecular weight is 501 g/mol. The van der Waals surface area contributed by atoms with Crippen LogP contribution in [0.5, 0.6) is 0 Å². The van der Waals surface area contributed by atoms with Crippen LogP contribution < -0.4 is 5.32 Å². The predicted octanol–water partition coefficient (Wildman–Crippen LogP) is 5.71. The maximum atomic E-state index is 12.9. The molecule has 0 aliphatic rings. The summed E-state index contributed by atoms with van der Waals surface area (Å²) in [6, 6.07) is 4.98. The fraction of sp³-hybridized carbons (Fsp3) is 0.235. The zero-order chi connectivity index (χ0) is 22.2. The number of benzene rings is 1. The van der Waals surface area contributed by atoms with Gasteiger partial charge in [0.2, 0.25) is 5.91 Å². The van der Waals surface area contributed by atoms with Crippen LogP contribution in [-0.4, -0.2) is 25.5 Å². The molecule has 0 fully saturated rings. The fourth-order valence-corrected chi connectivity index (χ4v) is 3.46. The molecule has 0 atom stereocenters. The van der Waals surface area contributed by atoms with Crippen molar-refractivity contribution in [2.24, 2.45) is 0 Å². The number of alkyl halides is 3. The summed E-state index contributed by atoms with van der Waals surface area (Å²) in [4.78, 5) is 12.3. The van der Waals surface area contributed by atoms with Crippen molar-refractivity contribution >= 4 is 58.1 Å². The third kappa shape index (κ3) is 5.03. The molecule has 0 spiro atoms. The largest absolute Gasteiger partial charge is 0.436 e. The monoisotopic (exact) mass is 499 g/mol. The molecule has 0 bridgehead atoms. The van der Waals surface area contributed by atoms with E-state index in [4.69, 9.17) is 46.4 Å². The summed E-state index contributed by atoms with van der Waals surface area (Å²) in [5.74, 6) is -0.638. The lowest BCUT2D eigenvalue weighted by Crippen LogP contribution is -2.21. The maximum Gasteiger partial charge on any atom is 0.436 e. The number of carbonyl (C=O) groups is 1. The van der Waals surface area contributed by atoms with Gasteiger partial charge in [0, 0.05) is 16.2 Å². The van der Waals surface area contributed by atoms with Gasteiger partial charge in [0.15, 0.2) is 11.5 Å². The van der Waals surface area contributed by atoms with E-state index in [-0.39, 0.29) is 23.1 Å². The van der Waals surface area contributed by atoms with Crippen LogP contribution in [-0.2, 0) is 24.1 Å². The van der Waals surface area contributed by atoms with Crippen LogP contribution in [0.25, 0.3) is 0 Å². The second-order valence-electron chi connectivity index (χ2n) is 6.21. The van der Waals surface area contributed by atoms with E-state index in [9.17, 15) is 18.0 Å². The first-order valence-electron chi connectivity index (χ1n) is 8.22. The zero-order valence-electron chi connectivity index (χ0n) is 15.1. The summed E-state index contributed by atoms with van der Waals surface area (Å²) in [5.41, 5.74) is -0.524. The molecule has 30 heavy (non-hydrogen) atoms. The Balaban J connectivity index is 1.72. The molecule has 3 rings (SSSR count). The zero-order valence-corrected chi connectivity index (χ0v) is 18.1. The molecule has 0 unspecified atom stereocenters. The van der Waals surface area contributed by atoms with Crippen molar-refractivity contribution in [3.05, 3.63) is 61.4 Å². The molecule has 6 nitrogen and oxygen atoms in total. The average Bonchev–Trinajstić information content (AvgIpc) is 3.11. The minimum absolute atomic E-state index is 0.00754. The van der Waals surface area contributed by atoms with Crippen LogP contribution in [0.1, 0.15) is 17.0 Å². The standard InChI is InChI=1S/C17H12Cl4F3N5O/c1-8-14(21)15(17(22,23)24)26-29(8)7-13(30)25-16-12(20)6-28(27-16)5-9-2-3-10(18)4-11(9)19/h2-4,6H,5,7H2,1H3,(H,25,27,30). The Morgan fingerprint density at radius 1 is 1.13 bits per heavy atom. The summed E-state index contributed by atoms with van der Waals surface area (Å²) in [5, 5.41) is 10.5. The summed E-state index contributed by atoms with van der Waals surface area (Å²) < 4.78 is 41.0. The highest BCUT2D eigenvalue weighted by Crippen LogP contribution is 2.35. The number of halogens is 7. The van der Waals surface area contributed by atoms with Gasteiger partial charge in [-0.2, -0.15) is 23.4 Å². The number of hydrogen-bond acceptors (Lipinski definition) is 3. The molecule has 1 amide bonds. The van der Waals surface area contributed by atoms with Crippen LogP contribution in [0, 0.1) is 6.92 Å². The number of rotatable bonds is 5. The highest BCUT2D eigenvalue weighted by Gasteiger charge is 2.38. The Morgan fingerprint density at radius 2 is 1.83 bits per heavy atom. The number of hydrogen-bond donors (Lipinski definition) is 1. The lowest BCUT2D eigenvalue weighted by atomic mass is 10.2. The maximum absolute atomic E-state index is 12.9. The Kier molecular flexibility index (Phi) is 6.57. The summed E-state index contributed by atoms with van der Waals surface area (Å²) in [6.45, 7) is 1.08. The summed E-state index contributed by atoms with van der Waals surface area (Å²) >= 11 is 23.8. The number of aromatic nitrogens is 4. The van der Waals surface area contributed by atoms with Crippen LogP contribution in [0.3, 0.4) is 0 Å². The summed E-state index contributed by atoms with van der Waals surface area (Å²) in [7, 11) is 0. The third-order valence-corrected chi connectivity index (χ3v) is 5.33. The van der Waals surface area contributed by atoms with Gasteiger partial charge in [0.25, 0.3) is 0 Å². The van der Waals surface area contributed by atoms with E-state index in [2.05, 4.69) is 15.5 Å². The van der Waals surface area contributed by atoms with E-state index in [1.807, 2.05) is 0 Å². The molecule has 0 saturated heterocycles. The highest BCUT2D eigenvalue weighted by atomic mass is 35.5. The van der Waals surface area contributed by atoms with Gasteiger partial charge in [-0.05, 0) is 24.6 Å². The number of amides is 1. The highest BCUT2D eigenvalue weighted by molar-refractivity contribution is 6.35. The molecular formula is C17H12Cl4F3N5O. The molecule has 1 N–H and O–H groups in total. The van der Waals surface area contributed by atoms with Crippen molar-refractivity contribution in [2.75, 3.05) is 5.32 Å². The molecule has 0 aliphatic carbocycles. The first-order chi connectivity index (χ1) is 14.0. The molecule has 160 valence electrons. The van der Waals surface area contributed by atoms with Crippen molar-refractivity contribution in [1.29, 1.82) is 0 Å². The molecule has 1 aromatic carbocycles. The van der Waals surface area contributed by atoms with Crippen LogP contribution in [0.2, 0.25) is 20.1 Å². The minimum atomic E-state index is -4.73. The van der Waals surface area contributed by atoms with Crippen molar-refractivity contribution in [1.82, 2.24) is 19.6 Å². The lowest BCUT2D eigenvalue weighted by molar-refractivity contribution is -0.141. The minimum Gasteiger partial charge on any atom is -0.306 e. The molecule has 13 heteroatoms. The Morgan fingerprint density at radius 3 is 2.43 bits per heavy atom. The SMILES string of the molecule is Cc1c(Cl)c(C(F)(F)F)nn1CC(=O)Nc1nn(Cc2ccc(Cl)cc2Cl)cc1Cl. The Labute approximate surface area is 188 Å². The summed E-state index contributed by atoms with van der Waals surface area (Å²) in [6.07, 6.45) is -3.26. The lowest BCUT2D eigenvalue weighted by Gasteiger charge is -2.06. The van der Waals surface area contributed by atoms with Gasteiger partial charge in [-0.15, -0.1) is 0 Å². The molecule has 0 aliphatic heterocycles. The van der Waals surface area contributed by atoms with E-state index < -0.39 is 29.3 Å². The number of nitrogens with zero attached hydrogens (tertiary/aromatic N) is 4. The molecule has 0 saturated carbocycles. The van der Waals surface area contributed by atoms with E-state index in [1.54, 1.807) is 18.2 Å². The smallest absolute Gasteiger partial charge is 0.306 e. The fourth-order valence-electron chi connectivity index (χ4n) is 2.55. The van der Waals surface area contributed by atoms with Gasteiger partial charge in [-0.1, -0.05) is 52.5 Å². The Bertz CT molecular complexity index is 1110. The van der Waals surface area contributed by atoms with Gasteiger partial charge in [-0.3, -0.25) is 14.2 Å². The van der Waals surface area contributed by atoms with Crippen LogP contribution >= 0.6 is 46.4 Å². The second-order valence-corrected chi connectivity index (χ2v) is 7.84. The van der Waals surface area contributed by atoms with Gasteiger partial charge in [0.1, 0.15) is 11.6 Å². The van der Waals surface area contributed by atoms with E-state index in [0.29, 0.717) is 10.0 Å². The predicted molar refractivity (Wildman–Crippen MR) is 108 cm³/mol. The van der Waals surface area contributed by atoms with Gasteiger partial charge in [-0.25, -0.2) is 0 Å². The van der Waals surface area contributed by atoms with E-state index in [1.165, 1.54) is 17.8 Å². The second kappa shape index (κ2) is 8.66. The van der Waals surface area contributed by atoms with Crippen molar-refractivity contribution in [2.45, 2.75) is 26.2 Å². The molecular weight excluding hydrogens is 489 g/mol. The van der Waals surface area contributed by atoms with E-state index in [0.717, 1.165) is 10.2 Å². The number of nitrogens with one attached hydrogen (secondary N) is 1.